The molecule has 0 spiro atoms. The van der Waals surface area contributed by atoms with E-state index in [0.29, 0.717) is 5.69 Å². The van der Waals surface area contributed by atoms with Crippen molar-refractivity contribution in [1.82, 2.24) is 4.98 Å². The highest BCUT2D eigenvalue weighted by molar-refractivity contribution is 7.90. The minimum absolute atomic E-state index is 0.187. The van der Waals surface area contributed by atoms with Crippen molar-refractivity contribution in [2.45, 2.75) is 18.2 Å². The van der Waals surface area contributed by atoms with Gasteiger partial charge in [-0.3, -0.25) is 4.79 Å². The summed E-state index contributed by atoms with van der Waals surface area (Å²) in [5.41, 5.74) is 3.22. The van der Waals surface area contributed by atoms with Crippen LogP contribution in [0, 0.1) is 6.92 Å². The summed E-state index contributed by atoms with van der Waals surface area (Å²) in [7, 11) is -3.31. The number of hydrogen-bond donors (Lipinski definition) is 2. The summed E-state index contributed by atoms with van der Waals surface area (Å²) < 4.78 is 23.3. The van der Waals surface area contributed by atoms with Crippen LogP contribution in [-0.2, 0) is 21.1 Å². The Morgan fingerprint density at radius 2 is 1.92 bits per heavy atom. The molecule has 1 amide bonds. The van der Waals surface area contributed by atoms with Crippen molar-refractivity contribution < 1.29 is 13.2 Å². The molecule has 3 aromatic rings. The number of carbonyl (C=O) groups is 1. The first kappa shape index (κ1) is 16.3. The van der Waals surface area contributed by atoms with E-state index in [1.165, 1.54) is 6.07 Å². The van der Waals surface area contributed by atoms with E-state index in [1.54, 1.807) is 12.1 Å². The van der Waals surface area contributed by atoms with E-state index in [2.05, 4.69) is 10.3 Å². The molecule has 3 rings (SSSR count). The molecule has 1 heterocycles. The predicted octanol–water partition coefficient (Wildman–Crippen LogP) is 3.06. The first-order chi connectivity index (χ1) is 11.3. The Labute approximate surface area is 140 Å². The third-order valence-corrected chi connectivity index (χ3v) is 5.05. The van der Waals surface area contributed by atoms with Crippen LogP contribution >= 0.6 is 0 Å². The average molecular weight is 342 g/mol. The summed E-state index contributed by atoms with van der Waals surface area (Å²) in [6.07, 6.45) is 3.19. The SMILES string of the molecule is Cc1ccc(S(C)(=O)=O)cc1NC(=O)Cc1c[nH]c2ccccc12. The maximum atomic E-state index is 12.4. The van der Waals surface area contributed by atoms with Crippen LogP contribution in [0.1, 0.15) is 11.1 Å². The van der Waals surface area contributed by atoms with Crippen molar-refractivity contribution in [2.24, 2.45) is 0 Å². The Balaban J connectivity index is 1.82. The lowest BCUT2D eigenvalue weighted by Gasteiger charge is -2.10. The second-order valence-electron chi connectivity index (χ2n) is 5.83. The van der Waals surface area contributed by atoms with E-state index < -0.39 is 9.84 Å². The molecule has 0 atom stereocenters. The van der Waals surface area contributed by atoms with Gasteiger partial charge in [-0.05, 0) is 36.2 Å². The van der Waals surface area contributed by atoms with Crippen LogP contribution in [0.2, 0.25) is 0 Å². The van der Waals surface area contributed by atoms with Gasteiger partial charge >= 0.3 is 0 Å². The second-order valence-corrected chi connectivity index (χ2v) is 7.85. The molecule has 0 saturated carbocycles. The zero-order chi connectivity index (χ0) is 17.3. The van der Waals surface area contributed by atoms with E-state index in [1.807, 2.05) is 37.4 Å². The second kappa shape index (κ2) is 6.13. The molecule has 0 radical (unpaired) electrons. The number of para-hydroxylation sites is 1. The number of sulfone groups is 1. The number of benzene rings is 2. The fourth-order valence-corrected chi connectivity index (χ4v) is 3.26. The highest BCUT2D eigenvalue weighted by Crippen LogP contribution is 2.22. The van der Waals surface area contributed by atoms with Gasteiger partial charge < -0.3 is 10.3 Å². The van der Waals surface area contributed by atoms with Crippen molar-refractivity contribution in [3.63, 3.8) is 0 Å². The number of anilines is 1. The van der Waals surface area contributed by atoms with Gasteiger partial charge in [-0.25, -0.2) is 8.42 Å². The normalized spacial score (nSPS) is 11.6. The van der Waals surface area contributed by atoms with Crippen molar-refractivity contribution >= 4 is 32.3 Å². The molecule has 2 aromatic carbocycles. The predicted molar refractivity (Wildman–Crippen MR) is 94.9 cm³/mol. The van der Waals surface area contributed by atoms with Gasteiger partial charge in [0.1, 0.15) is 0 Å². The van der Waals surface area contributed by atoms with Gasteiger partial charge in [0.25, 0.3) is 0 Å². The molecule has 0 saturated heterocycles. The third kappa shape index (κ3) is 3.33. The third-order valence-electron chi connectivity index (χ3n) is 3.94. The number of aryl methyl sites for hydroxylation is 1. The molecule has 0 aliphatic carbocycles. The van der Waals surface area contributed by atoms with Crippen molar-refractivity contribution in [3.05, 3.63) is 59.8 Å². The van der Waals surface area contributed by atoms with Crippen LogP contribution in [0.25, 0.3) is 10.9 Å². The molecule has 0 aliphatic heterocycles. The molecule has 1 aromatic heterocycles. The zero-order valence-corrected chi connectivity index (χ0v) is 14.3. The highest BCUT2D eigenvalue weighted by Gasteiger charge is 2.13. The Morgan fingerprint density at radius 1 is 1.17 bits per heavy atom. The lowest BCUT2D eigenvalue weighted by atomic mass is 10.1. The minimum Gasteiger partial charge on any atom is -0.361 e. The molecule has 0 unspecified atom stereocenters. The van der Waals surface area contributed by atoms with Crippen LogP contribution in [0.5, 0.6) is 0 Å². The zero-order valence-electron chi connectivity index (χ0n) is 13.5. The molecular weight excluding hydrogens is 324 g/mol. The van der Waals surface area contributed by atoms with Crippen LogP contribution in [0.3, 0.4) is 0 Å². The Morgan fingerprint density at radius 3 is 2.67 bits per heavy atom. The van der Waals surface area contributed by atoms with Crippen molar-refractivity contribution in [2.75, 3.05) is 11.6 Å². The lowest BCUT2D eigenvalue weighted by Crippen LogP contribution is -2.15. The van der Waals surface area contributed by atoms with E-state index in [4.69, 9.17) is 0 Å². The molecule has 6 heteroatoms. The molecule has 2 N–H and O–H groups in total. The topological polar surface area (TPSA) is 79.0 Å². The van der Waals surface area contributed by atoms with Gasteiger partial charge in [0.2, 0.25) is 5.91 Å². The number of amides is 1. The van der Waals surface area contributed by atoms with Crippen LogP contribution in [0.4, 0.5) is 5.69 Å². The smallest absolute Gasteiger partial charge is 0.228 e. The van der Waals surface area contributed by atoms with E-state index >= 15 is 0 Å². The number of H-pyrrole nitrogens is 1. The number of hydrogen-bond acceptors (Lipinski definition) is 3. The fraction of sp³-hybridized carbons (Fsp3) is 0.167. The first-order valence-electron chi connectivity index (χ1n) is 7.50. The molecule has 124 valence electrons. The van der Waals surface area contributed by atoms with Gasteiger partial charge in [0, 0.05) is 29.0 Å². The Kier molecular flexibility index (Phi) is 4.15. The fourth-order valence-electron chi connectivity index (χ4n) is 2.61. The Hall–Kier alpha value is -2.60. The largest absolute Gasteiger partial charge is 0.361 e. The molecule has 5 nitrogen and oxygen atoms in total. The van der Waals surface area contributed by atoms with Crippen LogP contribution in [-0.4, -0.2) is 25.6 Å². The summed E-state index contributed by atoms with van der Waals surface area (Å²) in [6.45, 7) is 1.83. The molecular formula is C18H18N2O3S. The Bertz CT molecular complexity index is 1020. The average Bonchev–Trinajstić information content (AvgIpc) is 2.91. The van der Waals surface area contributed by atoms with Crippen molar-refractivity contribution in [1.29, 1.82) is 0 Å². The summed E-state index contributed by atoms with van der Waals surface area (Å²) in [6, 6.07) is 12.5. The van der Waals surface area contributed by atoms with Gasteiger partial charge in [0.05, 0.1) is 11.3 Å². The maximum Gasteiger partial charge on any atom is 0.228 e. The summed E-state index contributed by atoms with van der Waals surface area (Å²) in [5.74, 6) is -0.187. The molecule has 0 fully saturated rings. The van der Waals surface area contributed by atoms with Gasteiger partial charge in [-0.2, -0.15) is 0 Å². The number of rotatable bonds is 4. The number of nitrogens with one attached hydrogen (secondary N) is 2. The minimum atomic E-state index is -3.31. The first-order valence-corrected chi connectivity index (χ1v) is 9.39. The summed E-state index contributed by atoms with van der Waals surface area (Å²) >= 11 is 0. The molecule has 0 aliphatic rings. The molecule has 24 heavy (non-hydrogen) atoms. The van der Waals surface area contributed by atoms with Gasteiger partial charge in [0.15, 0.2) is 9.84 Å². The van der Waals surface area contributed by atoms with Crippen LogP contribution in [0.15, 0.2) is 53.6 Å². The standard InChI is InChI=1S/C18H18N2O3S/c1-12-7-8-14(24(2,22)23)10-17(12)20-18(21)9-13-11-19-16-6-4-3-5-15(13)16/h3-8,10-11,19H,9H2,1-2H3,(H,20,21). The van der Waals surface area contributed by atoms with Crippen LogP contribution < -0.4 is 5.32 Å². The quantitative estimate of drug-likeness (QED) is 0.765. The molecule has 0 bridgehead atoms. The number of aromatic nitrogens is 1. The highest BCUT2D eigenvalue weighted by atomic mass is 32.2. The van der Waals surface area contributed by atoms with Gasteiger partial charge in [-0.1, -0.05) is 24.3 Å². The monoisotopic (exact) mass is 342 g/mol. The number of carbonyl (C=O) groups excluding carboxylic acids is 1. The van der Waals surface area contributed by atoms with E-state index in [0.717, 1.165) is 28.3 Å². The van der Waals surface area contributed by atoms with E-state index in [-0.39, 0.29) is 17.2 Å². The maximum absolute atomic E-state index is 12.4. The number of fused-ring (bicyclic) bond motifs is 1. The lowest BCUT2D eigenvalue weighted by molar-refractivity contribution is -0.115. The number of aromatic amines is 1. The van der Waals surface area contributed by atoms with Crippen molar-refractivity contribution in [3.8, 4) is 0 Å². The van der Waals surface area contributed by atoms with Gasteiger partial charge in [-0.15, -0.1) is 0 Å². The van der Waals surface area contributed by atoms with E-state index in [9.17, 15) is 13.2 Å². The summed E-state index contributed by atoms with van der Waals surface area (Å²) in [5, 5.41) is 3.82. The summed E-state index contributed by atoms with van der Waals surface area (Å²) in [4.78, 5) is 15.7.